The lowest BCUT2D eigenvalue weighted by atomic mass is 9.56. The molecule has 1 saturated heterocycles. The molecule has 29 heavy (non-hydrogen) atoms. The van der Waals surface area contributed by atoms with Crippen molar-refractivity contribution in [3.05, 3.63) is 34.5 Å². The van der Waals surface area contributed by atoms with Crippen LogP contribution in [0, 0.1) is 11.3 Å². The van der Waals surface area contributed by atoms with E-state index in [9.17, 15) is 9.59 Å². The average Bonchev–Trinajstić information content (AvgIpc) is 3.07. The molecule has 1 N–H and O–H groups in total. The van der Waals surface area contributed by atoms with E-state index in [2.05, 4.69) is 10.2 Å². The smallest absolute Gasteiger partial charge is 0.227 e. The molecule has 1 spiro atoms. The van der Waals surface area contributed by atoms with E-state index in [4.69, 9.17) is 11.6 Å². The lowest BCUT2D eigenvalue weighted by Gasteiger charge is -2.59. The second kappa shape index (κ2) is 6.59. The van der Waals surface area contributed by atoms with E-state index in [1.165, 1.54) is 18.4 Å². The van der Waals surface area contributed by atoms with Gasteiger partial charge in [-0.05, 0) is 54.9 Å². The summed E-state index contributed by atoms with van der Waals surface area (Å²) in [7, 11) is 1.80. The number of hydrogen-bond acceptors (Lipinski definition) is 3. The first-order valence-corrected chi connectivity index (χ1v) is 10.6. The van der Waals surface area contributed by atoms with Crippen molar-refractivity contribution in [2.45, 2.75) is 39.0 Å². The Kier molecular flexibility index (Phi) is 4.24. The zero-order chi connectivity index (χ0) is 20.3. The summed E-state index contributed by atoms with van der Waals surface area (Å²) in [6.45, 7) is 3.48. The Labute approximate surface area is 175 Å². The fraction of sp³-hybridized carbons (Fsp3) is 0.500. The zero-order valence-corrected chi connectivity index (χ0v) is 17.6. The second-order valence-electron chi connectivity index (χ2n) is 8.99. The summed E-state index contributed by atoms with van der Waals surface area (Å²) in [6, 6.07) is 3.96. The maximum absolute atomic E-state index is 12.0. The van der Waals surface area contributed by atoms with Crippen LogP contribution in [0.5, 0.6) is 0 Å². The van der Waals surface area contributed by atoms with Crippen LogP contribution in [-0.2, 0) is 22.4 Å². The van der Waals surface area contributed by atoms with Crippen LogP contribution >= 0.6 is 11.6 Å². The van der Waals surface area contributed by atoms with E-state index in [-0.39, 0.29) is 11.8 Å². The minimum atomic E-state index is 0.125. The molecule has 7 heteroatoms. The molecule has 1 aromatic carbocycles. The van der Waals surface area contributed by atoms with E-state index in [1.807, 2.05) is 23.2 Å². The number of aromatic amines is 1. The highest BCUT2D eigenvalue weighted by Crippen LogP contribution is 2.53. The fourth-order valence-corrected chi connectivity index (χ4v) is 5.79. The van der Waals surface area contributed by atoms with Gasteiger partial charge in [-0.2, -0.15) is 5.10 Å². The van der Waals surface area contributed by atoms with Gasteiger partial charge in [0.05, 0.1) is 10.7 Å². The number of carbonyl (C=O) groups excluding carboxylic acids is 2. The number of H-pyrrole nitrogens is 1. The third-order valence-corrected chi connectivity index (χ3v) is 7.40. The highest BCUT2D eigenvalue weighted by molar-refractivity contribution is 6.34. The van der Waals surface area contributed by atoms with Crippen molar-refractivity contribution in [1.82, 2.24) is 15.1 Å². The van der Waals surface area contributed by atoms with E-state index in [1.54, 1.807) is 18.9 Å². The summed E-state index contributed by atoms with van der Waals surface area (Å²) >= 11 is 6.78. The number of anilines is 1. The second-order valence-corrected chi connectivity index (χ2v) is 9.37. The molecule has 0 unspecified atom stereocenters. The number of rotatable bonds is 3. The van der Waals surface area contributed by atoms with Gasteiger partial charge in [-0.15, -0.1) is 0 Å². The minimum Gasteiger partial charge on any atom is -0.342 e. The van der Waals surface area contributed by atoms with E-state index < -0.39 is 0 Å². The first kappa shape index (κ1) is 18.7. The van der Waals surface area contributed by atoms with Crippen LogP contribution in [0.4, 0.5) is 5.69 Å². The molecule has 1 aromatic heterocycles. The number of likely N-dealkylation sites (tertiary alicyclic amines) is 1. The van der Waals surface area contributed by atoms with Crippen molar-refractivity contribution in [2.75, 3.05) is 25.0 Å². The summed E-state index contributed by atoms with van der Waals surface area (Å²) in [4.78, 5) is 27.1. The molecule has 3 heterocycles. The largest absolute Gasteiger partial charge is 0.342 e. The number of carbonyl (C=O) groups is 2. The molecule has 5 rings (SSSR count). The van der Waals surface area contributed by atoms with Gasteiger partial charge in [-0.25, -0.2) is 0 Å². The van der Waals surface area contributed by atoms with Crippen LogP contribution in [0.2, 0.25) is 5.02 Å². The topological polar surface area (TPSA) is 69.3 Å². The Morgan fingerprint density at radius 1 is 1.31 bits per heavy atom. The first-order chi connectivity index (χ1) is 13.9. The maximum atomic E-state index is 12.0. The van der Waals surface area contributed by atoms with Gasteiger partial charge < -0.3 is 9.80 Å². The molecular weight excluding hydrogens is 388 g/mol. The molecule has 2 aliphatic heterocycles. The number of nitrogens with one attached hydrogen (secondary N) is 1. The maximum Gasteiger partial charge on any atom is 0.227 e. The standard InChI is InChI=1S/C22H25ClN4O2/c1-13(28)27-11-22(12-27)8-14(9-22)7-15-10-24-25-21(15)17-3-5-18-16(20(17)23)4-6-19(29)26(18)2/h3,5,10,14H,4,6-9,11-12H2,1-2H3,(H,24,25). The average molecular weight is 413 g/mol. The van der Waals surface area contributed by atoms with E-state index in [0.717, 1.165) is 42.0 Å². The highest BCUT2D eigenvalue weighted by Gasteiger charge is 2.52. The van der Waals surface area contributed by atoms with Crippen molar-refractivity contribution in [1.29, 1.82) is 0 Å². The number of benzene rings is 1. The molecule has 0 atom stereocenters. The molecule has 0 bridgehead atoms. The number of halogens is 1. The van der Waals surface area contributed by atoms with Gasteiger partial charge >= 0.3 is 0 Å². The van der Waals surface area contributed by atoms with Gasteiger partial charge in [0.15, 0.2) is 0 Å². The lowest BCUT2D eigenvalue weighted by molar-refractivity contribution is -0.152. The Balaban J connectivity index is 1.33. The van der Waals surface area contributed by atoms with Crippen LogP contribution in [0.1, 0.15) is 37.3 Å². The Morgan fingerprint density at radius 3 is 2.79 bits per heavy atom. The fourth-order valence-electron chi connectivity index (χ4n) is 5.45. The molecule has 3 aliphatic rings. The van der Waals surface area contributed by atoms with Gasteiger partial charge in [0.25, 0.3) is 0 Å². The number of nitrogens with zero attached hydrogens (tertiary/aromatic N) is 3. The lowest BCUT2D eigenvalue weighted by Crippen LogP contribution is -2.63. The van der Waals surface area contributed by atoms with Gasteiger partial charge in [0.1, 0.15) is 0 Å². The van der Waals surface area contributed by atoms with Crippen molar-refractivity contribution < 1.29 is 9.59 Å². The van der Waals surface area contributed by atoms with Crippen LogP contribution in [0.3, 0.4) is 0 Å². The van der Waals surface area contributed by atoms with Gasteiger partial charge in [0.2, 0.25) is 11.8 Å². The Hall–Kier alpha value is -2.34. The molecule has 2 amide bonds. The monoisotopic (exact) mass is 412 g/mol. The molecule has 2 aromatic rings. The normalized spacial score (nSPS) is 20.4. The number of aromatic nitrogens is 2. The third-order valence-electron chi connectivity index (χ3n) is 6.97. The molecule has 1 saturated carbocycles. The first-order valence-electron chi connectivity index (χ1n) is 10.2. The van der Waals surface area contributed by atoms with Crippen molar-refractivity contribution in [3.63, 3.8) is 0 Å². The predicted octanol–water partition coefficient (Wildman–Crippen LogP) is 3.44. The summed E-state index contributed by atoms with van der Waals surface area (Å²) < 4.78 is 0. The van der Waals surface area contributed by atoms with Crippen LogP contribution in [0.25, 0.3) is 11.3 Å². The molecule has 152 valence electrons. The SMILES string of the molecule is CC(=O)N1CC2(CC(Cc3c[nH]nc3-c3ccc4c(c3Cl)CCC(=O)N4C)C2)C1. The number of amides is 2. The Morgan fingerprint density at radius 2 is 2.07 bits per heavy atom. The van der Waals surface area contributed by atoms with Crippen LogP contribution in [0.15, 0.2) is 18.3 Å². The molecular formula is C22H25ClN4O2. The summed E-state index contributed by atoms with van der Waals surface area (Å²) in [6.07, 6.45) is 6.45. The number of hydrogen-bond donors (Lipinski definition) is 1. The van der Waals surface area contributed by atoms with Gasteiger partial charge in [-0.1, -0.05) is 11.6 Å². The summed E-state index contributed by atoms with van der Waals surface area (Å²) in [5.74, 6) is 0.936. The molecule has 0 radical (unpaired) electrons. The van der Waals surface area contributed by atoms with E-state index >= 15 is 0 Å². The van der Waals surface area contributed by atoms with Crippen LogP contribution < -0.4 is 4.90 Å². The van der Waals surface area contributed by atoms with Crippen LogP contribution in [-0.4, -0.2) is 47.0 Å². The molecule has 1 aliphatic carbocycles. The minimum absolute atomic E-state index is 0.125. The summed E-state index contributed by atoms with van der Waals surface area (Å²) in [5, 5.41) is 8.23. The quantitative estimate of drug-likeness (QED) is 0.839. The molecule has 6 nitrogen and oxygen atoms in total. The highest BCUT2D eigenvalue weighted by atomic mass is 35.5. The van der Waals surface area contributed by atoms with Crippen molar-refractivity contribution in [2.24, 2.45) is 11.3 Å². The third kappa shape index (κ3) is 2.96. The zero-order valence-electron chi connectivity index (χ0n) is 16.8. The Bertz CT molecular complexity index is 1000. The summed E-state index contributed by atoms with van der Waals surface area (Å²) in [5.41, 5.74) is 5.33. The number of fused-ring (bicyclic) bond motifs is 1. The molecule has 2 fully saturated rings. The predicted molar refractivity (Wildman–Crippen MR) is 112 cm³/mol. The van der Waals surface area contributed by atoms with Gasteiger partial charge in [-0.3, -0.25) is 14.7 Å². The van der Waals surface area contributed by atoms with E-state index in [0.29, 0.717) is 29.2 Å². The van der Waals surface area contributed by atoms with Gasteiger partial charge in [0, 0.05) is 56.3 Å². The van der Waals surface area contributed by atoms with Crippen molar-refractivity contribution in [3.8, 4) is 11.3 Å². The van der Waals surface area contributed by atoms with Crippen molar-refractivity contribution >= 4 is 29.1 Å².